The molecule has 0 atom stereocenters. The zero-order valence-corrected chi connectivity index (χ0v) is 12.6. The lowest BCUT2D eigenvalue weighted by molar-refractivity contribution is 0.943. The summed E-state index contributed by atoms with van der Waals surface area (Å²) in [6.07, 6.45) is 0.728. The second kappa shape index (κ2) is 5.87. The number of nitrogens with zero attached hydrogens (tertiary/aromatic N) is 2. The molecular weight excluding hydrogens is 337 g/mol. The summed E-state index contributed by atoms with van der Waals surface area (Å²) in [6, 6.07) is 7.24. The molecule has 0 amide bonds. The van der Waals surface area contributed by atoms with Gasteiger partial charge in [0.15, 0.2) is 0 Å². The van der Waals surface area contributed by atoms with Crippen LogP contribution in [0.2, 0.25) is 10.2 Å². The van der Waals surface area contributed by atoms with E-state index in [0.717, 1.165) is 16.6 Å². The molecule has 1 heterocycles. The molecule has 0 saturated heterocycles. The summed E-state index contributed by atoms with van der Waals surface area (Å²) >= 11 is 15.4. The van der Waals surface area contributed by atoms with E-state index in [4.69, 9.17) is 23.2 Å². The minimum absolute atomic E-state index is 0.419. The summed E-state index contributed by atoms with van der Waals surface area (Å²) in [5.74, 6) is 1.35. The minimum Gasteiger partial charge on any atom is -0.339 e. The first-order chi connectivity index (χ1) is 8.60. The van der Waals surface area contributed by atoms with E-state index in [-0.39, 0.29) is 0 Å². The normalized spacial score (nSPS) is 10.4. The first-order valence-electron chi connectivity index (χ1n) is 5.34. The topological polar surface area (TPSA) is 37.8 Å². The number of nitrogens with one attached hydrogen (secondary N) is 1. The van der Waals surface area contributed by atoms with E-state index in [1.165, 1.54) is 0 Å². The largest absolute Gasteiger partial charge is 0.339 e. The lowest BCUT2D eigenvalue weighted by Gasteiger charge is -2.09. The highest BCUT2D eigenvalue weighted by molar-refractivity contribution is 9.10. The van der Waals surface area contributed by atoms with Gasteiger partial charge >= 0.3 is 0 Å². The molecule has 18 heavy (non-hydrogen) atoms. The van der Waals surface area contributed by atoms with Crippen molar-refractivity contribution >= 4 is 50.6 Å². The third-order valence-electron chi connectivity index (χ3n) is 2.27. The highest BCUT2D eigenvalue weighted by atomic mass is 79.9. The number of rotatable bonds is 3. The van der Waals surface area contributed by atoms with Crippen LogP contribution in [-0.4, -0.2) is 9.97 Å². The molecule has 0 aliphatic heterocycles. The Morgan fingerprint density at radius 2 is 2.06 bits per heavy atom. The van der Waals surface area contributed by atoms with Crippen LogP contribution in [0.15, 0.2) is 28.7 Å². The smallest absolute Gasteiger partial charge is 0.135 e. The van der Waals surface area contributed by atoms with E-state index in [1.54, 1.807) is 12.1 Å². The minimum atomic E-state index is 0.419. The number of halogens is 3. The monoisotopic (exact) mass is 345 g/mol. The van der Waals surface area contributed by atoms with Gasteiger partial charge in [-0.15, -0.1) is 0 Å². The Kier molecular flexibility index (Phi) is 4.43. The second-order valence-corrected chi connectivity index (χ2v) is 5.16. The lowest BCUT2D eigenvalue weighted by atomic mass is 10.3. The third-order valence-corrected chi connectivity index (χ3v) is 3.86. The summed E-state index contributed by atoms with van der Waals surface area (Å²) < 4.78 is 0.791. The number of benzene rings is 1. The maximum Gasteiger partial charge on any atom is 0.135 e. The van der Waals surface area contributed by atoms with Crippen LogP contribution in [0.3, 0.4) is 0 Å². The number of anilines is 2. The van der Waals surface area contributed by atoms with Gasteiger partial charge in [-0.05, 0) is 28.1 Å². The SMILES string of the molecule is CCc1nc(Cl)cc(Nc2cccc(Cl)c2Br)n1. The van der Waals surface area contributed by atoms with Gasteiger partial charge in [0, 0.05) is 12.5 Å². The Hall–Kier alpha value is -0.840. The van der Waals surface area contributed by atoms with E-state index < -0.39 is 0 Å². The quantitative estimate of drug-likeness (QED) is 0.807. The Morgan fingerprint density at radius 3 is 2.78 bits per heavy atom. The van der Waals surface area contributed by atoms with Crippen LogP contribution in [0.25, 0.3) is 0 Å². The molecule has 0 radical (unpaired) electrons. The van der Waals surface area contributed by atoms with E-state index >= 15 is 0 Å². The molecule has 3 nitrogen and oxygen atoms in total. The van der Waals surface area contributed by atoms with Gasteiger partial charge in [-0.2, -0.15) is 0 Å². The van der Waals surface area contributed by atoms with Gasteiger partial charge in [0.2, 0.25) is 0 Å². The Labute approximate surface area is 124 Å². The number of aryl methyl sites for hydroxylation is 1. The van der Waals surface area contributed by atoms with Crippen molar-refractivity contribution in [1.29, 1.82) is 0 Å². The molecule has 0 saturated carbocycles. The van der Waals surface area contributed by atoms with Crippen molar-refractivity contribution in [3.8, 4) is 0 Å². The number of aromatic nitrogens is 2. The molecule has 0 unspecified atom stereocenters. The van der Waals surface area contributed by atoms with Gasteiger partial charge in [-0.25, -0.2) is 9.97 Å². The van der Waals surface area contributed by atoms with Crippen molar-refractivity contribution in [2.75, 3.05) is 5.32 Å². The van der Waals surface area contributed by atoms with Gasteiger partial charge < -0.3 is 5.32 Å². The van der Waals surface area contributed by atoms with Gasteiger partial charge in [0.1, 0.15) is 16.8 Å². The third kappa shape index (κ3) is 3.13. The molecule has 2 aromatic rings. The van der Waals surface area contributed by atoms with Gasteiger partial charge in [-0.1, -0.05) is 36.2 Å². The first kappa shape index (κ1) is 13.6. The summed E-state index contributed by atoms with van der Waals surface area (Å²) in [5, 5.41) is 4.22. The summed E-state index contributed by atoms with van der Waals surface area (Å²) in [7, 11) is 0. The van der Waals surface area contributed by atoms with E-state index in [2.05, 4.69) is 31.2 Å². The molecule has 94 valence electrons. The fourth-order valence-electron chi connectivity index (χ4n) is 1.43. The van der Waals surface area contributed by atoms with Crippen LogP contribution in [-0.2, 0) is 6.42 Å². The Morgan fingerprint density at radius 1 is 1.28 bits per heavy atom. The maximum atomic E-state index is 6.02. The van der Waals surface area contributed by atoms with Crippen LogP contribution < -0.4 is 5.32 Å². The van der Waals surface area contributed by atoms with Crippen molar-refractivity contribution in [1.82, 2.24) is 9.97 Å². The molecule has 1 N–H and O–H groups in total. The van der Waals surface area contributed by atoms with E-state index in [9.17, 15) is 0 Å². The Bertz CT molecular complexity index is 575. The molecule has 6 heteroatoms. The fourth-order valence-corrected chi connectivity index (χ4v) is 2.16. The van der Waals surface area contributed by atoms with E-state index in [0.29, 0.717) is 21.8 Å². The fraction of sp³-hybridized carbons (Fsp3) is 0.167. The van der Waals surface area contributed by atoms with Gasteiger partial charge in [0.05, 0.1) is 15.2 Å². The summed E-state index contributed by atoms with van der Waals surface area (Å²) in [5.41, 5.74) is 0.833. The average molecular weight is 347 g/mol. The molecule has 0 aliphatic carbocycles. The molecule has 1 aromatic heterocycles. The highest BCUT2D eigenvalue weighted by Gasteiger charge is 2.06. The predicted octanol–water partition coefficient (Wildman–Crippen LogP) is 4.85. The van der Waals surface area contributed by atoms with Crippen molar-refractivity contribution in [2.24, 2.45) is 0 Å². The van der Waals surface area contributed by atoms with Crippen LogP contribution in [0.4, 0.5) is 11.5 Å². The van der Waals surface area contributed by atoms with Crippen molar-refractivity contribution in [2.45, 2.75) is 13.3 Å². The van der Waals surface area contributed by atoms with Crippen molar-refractivity contribution < 1.29 is 0 Å². The number of hydrogen-bond donors (Lipinski definition) is 1. The maximum absolute atomic E-state index is 6.02. The second-order valence-electron chi connectivity index (χ2n) is 3.57. The standard InChI is InChI=1S/C12H10BrCl2N3/c1-2-10-17-9(15)6-11(18-10)16-8-5-3-4-7(14)12(8)13/h3-6H,2H2,1H3,(H,16,17,18). The number of hydrogen-bond acceptors (Lipinski definition) is 3. The summed E-state index contributed by atoms with van der Waals surface area (Å²) in [4.78, 5) is 8.46. The lowest BCUT2D eigenvalue weighted by Crippen LogP contribution is -2.00. The van der Waals surface area contributed by atoms with Crippen LogP contribution in [0.5, 0.6) is 0 Å². The van der Waals surface area contributed by atoms with Gasteiger partial charge in [0.25, 0.3) is 0 Å². The molecule has 0 spiro atoms. The van der Waals surface area contributed by atoms with Crippen molar-refractivity contribution in [3.05, 3.63) is 44.7 Å². The predicted molar refractivity (Wildman–Crippen MR) is 78.9 cm³/mol. The average Bonchev–Trinajstić information content (AvgIpc) is 2.34. The molecule has 1 aromatic carbocycles. The van der Waals surface area contributed by atoms with Crippen LogP contribution in [0, 0.1) is 0 Å². The zero-order chi connectivity index (χ0) is 13.1. The Balaban J connectivity index is 2.34. The van der Waals surface area contributed by atoms with Crippen LogP contribution in [0.1, 0.15) is 12.7 Å². The molecule has 0 aliphatic rings. The van der Waals surface area contributed by atoms with Crippen LogP contribution >= 0.6 is 39.1 Å². The molecular formula is C12H10BrCl2N3. The van der Waals surface area contributed by atoms with Crippen molar-refractivity contribution in [3.63, 3.8) is 0 Å². The molecule has 0 fully saturated rings. The van der Waals surface area contributed by atoms with E-state index in [1.807, 2.05) is 19.1 Å². The first-order valence-corrected chi connectivity index (χ1v) is 6.89. The zero-order valence-electron chi connectivity index (χ0n) is 9.54. The molecule has 0 bridgehead atoms. The van der Waals surface area contributed by atoms with Gasteiger partial charge in [-0.3, -0.25) is 0 Å². The molecule has 2 rings (SSSR count). The summed E-state index contributed by atoms with van der Waals surface area (Å²) in [6.45, 7) is 1.98. The highest BCUT2D eigenvalue weighted by Crippen LogP contribution is 2.31.